The van der Waals surface area contributed by atoms with Gasteiger partial charge in [0.05, 0.1) is 38.9 Å². The SMILES string of the molecule is S\C(=N/N=C/C=N/N=C(\S)NCCN1CCOCC1)NCCN1CCOCC1. The van der Waals surface area contributed by atoms with Gasteiger partial charge in [-0.25, -0.2) is 0 Å². The van der Waals surface area contributed by atoms with Gasteiger partial charge in [-0.2, -0.15) is 10.2 Å². The van der Waals surface area contributed by atoms with Crippen LogP contribution in [0.2, 0.25) is 0 Å². The molecule has 2 aliphatic rings. The van der Waals surface area contributed by atoms with E-state index in [9.17, 15) is 0 Å². The molecular weight excluding hydrogens is 400 g/mol. The van der Waals surface area contributed by atoms with E-state index >= 15 is 0 Å². The molecule has 2 N–H and O–H groups in total. The highest BCUT2D eigenvalue weighted by Crippen LogP contribution is 1.96. The molecule has 0 bridgehead atoms. The normalized spacial score (nSPS) is 20.9. The minimum absolute atomic E-state index is 0.459. The van der Waals surface area contributed by atoms with Crippen molar-refractivity contribution in [3.05, 3.63) is 0 Å². The van der Waals surface area contributed by atoms with Crippen LogP contribution >= 0.6 is 25.3 Å². The third-order valence-electron chi connectivity index (χ3n) is 4.13. The van der Waals surface area contributed by atoms with Crippen LogP contribution in [0.4, 0.5) is 0 Å². The Hall–Kier alpha value is -1.18. The summed E-state index contributed by atoms with van der Waals surface area (Å²) in [5.41, 5.74) is 0. The number of nitrogens with one attached hydrogen (secondary N) is 2. The van der Waals surface area contributed by atoms with E-state index in [1.165, 1.54) is 12.4 Å². The van der Waals surface area contributed by atoms with Crippen LogP contribution in [0.15, 0.2) is 20.4 Å². The van der Waals surface area contributed by atoms with Crippen LogP contribution in [0, 0.1) is 0 Å². The Balaban J connectivity index is 1.53. The van der Waals surface area contributed by atoms with Crippen molar-refractivity contribution in [2.45, 2.75) is 0 Å². The van der Waals surface area contributed by atoms with Gasteiger partial charge in [-0.3, -0.25) is 9.80 Å². The molecule has 0 atom stereocenters. The van der Waals surface area contributed by atoms with Gasteiger partial charge in [0.2, 0.25) is 0 Å². The fourth-order valence-electron chi connectivity index (χ4n) is 2.61. The number of amidine groups is 2. The largest absolute Gasteiger partial charge is 0.379 e. The van der Waals surface area contributed by atoms with Crippen molar-refractivity contribution in [2.24, 2.45) is 20.4 Å². The summed E-state index contributed by atoms with van der Waals surface area (Å²) in [6, 6.07) is 0. The summed E-state index contributed by atoms with van der Waals surface area (Å²) >= 11 is 8.49. The number of morpholine rings is 2. The van der Waals surface area contributed by atoms with Crippen molar-refractivity contribution >= 4 is 48.0 Å². The minimum Gasteiger partial charge on any atom is -0.379 e. The summed E-state index contributed by atoms with van der Waals surface area (Å²) in [6.07, 6.45) is 2.89. The van der Waals surface area contributed by atoms with Crippen LogP contribution in [0.25, 0.3) is 0 Å². The van der Waals surface area contributed by atoms with E-state index in [0.717, 1.165) is 78.8 Å². The van der Waals surface area contributed by atoms with Gasteiger partial charge in [0.15, 0.2) is 10.3 Å². The quantitative estimate of drug-likeness (QED) is 0.168. The van der Waals surface area contributed by atoms with E-state index < -0.39 is 0 Å². The molecule has 2 aliphatic heterocycles. The van der Waals surface area contributed by atoms with E-state index in [4.69, 9.17) is 9.47 Å². The average Bonchev–Trinajstić information content (AvgIpc) is 2.72. The highest BCUT2D eigenvalue weighted by atomic mass is 32.1. The monoisotopic (exact) mass is 430 g/mol. The van der Waals surface area contributed by atoms with E-state index in [0.29, 0.717) is 10.3 Å². The van der Waals surface area contributed by atoms with Gasteiger partial charge < -0.3 is 20.1 Å². The molecule has 2 heterocycles. The lowest BCUT2D eigenvalue weighted by Gasteiger charge is -2.26. The maximum absolute atomic E-state index is 5.32. The molecule has 0 aromatic carbocycles. The van der Waals surface area contributed by atoms with Gasteiger partial charge in [-0.15, -0.1) is 35.5 Å². The summed E-state index contributed by atoms with van der Waals surface area (Å²) in [7, 11) is 0. The third-order valence-corrected chi connectivity index (χ3v) is 4.63. The van der Waals surface area contributed by atoms with Gasteiger partial charge >= 0.3 is 0 Å². The summed E-state index contributed by atoms with van der Waals surface area (Å²) in [4.78, 5) is 4.66. The summed E-state index contributed by atoms with van der Waals surface area (Å²) in [6.45, 7) is 10.4. The van der Waals surface area contributed by atoms with Gasteiger partial charge in [-0.05, 0) is 0 Å². The minimum atomic E-state index is 0.459. The number of nitrogens with zero attached hydrogens (tertiary/aromatic N) is 6. The molecule has 10 nitrogen and oxygen atoms in total. The second-order valence-corrected chi connectivity index (χ2v) is 6.99. The Bertz CT molecular complexity index is 499. The smallest absolute Gasteiger partial charge is 0.180 e. The highest BCUT2D eigenvalue weighted by Gasteiger charge is 2.09. The van der Waals surface area contributed by atoms with Crippen molar-refractivity contribution < 1.29 is 9.47 Å². The molecule has 0 saturated carbocycles. The fraction of sp³-hybridized carbons (Fsp3) is 0.750. The Morgan fingerprint density at radius 2 is 1.14 bits per heavy atom. The van der Waals surface area contributed by atoms with E-state index in [1.807, 2.05) is 0 Å². The molecule has 0 spiro atoms. The summed E-state index contributed by atoms with van der Waals surface area (Å²) < 4.78 is 10.6. The number of hydrogen-bond donors (Lipinski definition) is 4. The maximum Gasteiger partial charge on any atom is 0.180 e. The second-order valence-electron chi connectivity index (χ2n) is 6.14. The number of rotatable bonds is 9. The average molecular weight is 431 g/mol. The fourth-order valence-corrected chi connectivity index (χ4v) is 2.93. The molecule has 0 aromatic heterocycles. The predicted molar refractivity (Wildman–Crippen MR) is 120 cm³/mol. The second kappa shape index (κ2) is 14.8. The predicted octanol–water partition coefficient (Wildman–Crippen LogP) is -0.627. The molecule has 0 amide bonds. The lowest BCUT2D eigenvalue weighted by molar-refractivity contribution is 0.0389. The number of hydrogen-bond acceptors (Lipinski definition) is 8. The van der Waals surface area contributed by atoms with E-state index in [-0.39, 0.29) is 0 Å². The Kier molecular flexibility index (Phi) is 12.2. The maximum atomic E-state index is 5.32. The zero-order valence-corrected chi connectivity index (χ0v) is 17.8. The molecule has 2 saturated heterocycles. The van der Waals surface area contributed by atoms with Gasteiger partial charge in [0.1, 0.15) is 0 Å². The molecule has 12 heteroatoms. The zero-order chi connectivity index (χ0) is 19.9. The van der Waals surface area contributed by atoms with E-state index in [2.05, 4.69) is 66.1 Å². The third kappa shape index (κ3) is 11.0. The van der Waals surface area contributed by atoms with Crippen LogP contribution in [0.5, 0.6) is 0 Å². The Morgan fingerprint density at radius 3 is 1.54 bits per heavy atom. The van der Waals surface area contributed by atoms with Crippen molar-refractivity contribution in [2.75, 3.05) is 78.8 Å². The van der Waals surface area contributed by atoms with Crippen LogP contribution in [0.1, 0.15) is 0 Å². The van der Waals surface area contributed by atoms with Crippen LogP contribution in [-0.2, 0) is 9.47 Å². The Morgan fingerprint density at radius 1 is 0.750 bits per heavy atom. The molecule has 2 rings (SSSR count). The zero-order valence-electron chi connectivity index (χ0n) is 16.0. The Labute approximate surface area is 177 Å². The number of ether oxygens (including phenoxy) is 2. The van der Waals surface area contributed by atoms with Crippen molar-refractivity contribution in [3.63, 3.8) is 0 Å². The van der Waals surface area contributed by atoms with Gasteiger partial charge in [0, 0.05) is 52.4 Å². The lowest BCUT2D eigenvalue weighted by Crippen LogP contribution is -2.40. The first-order valence-corrected chi connectivity index (χ1v) is 10.3. The molecule has 0 radical (unpaired) electrons. The van der Waals surface area contributed by atoms with Crippen LogP contribution in [0.3, 0.4) is 0 Å². The van der Waals surface area contributed by atoms with Crippen LogP contribution in [-0.4, -0.2) is 111 Å². The van der Waals surface area contributed by atoms with Crippen molar-refractivity contribution in [1.82, 2.24) is 20.4 Å². The number of thiol groups is 2. The molecule has 0 aliphatic carbocycles. The molecule has 0 aromatic rings. The molecular formula is C16H30N8O2S2. The van der Waals surface area contributed by atoms with E-state index in [1.54, 1.807) is 0 Å². The first-order valence-electron chi connectivity index (χ1n) is 9.40. The summed E-state index contributed by atoms with van der Waals surface area (Å²) in [5, 5.41) is 22.7. The topological polar surface area (TPSA) is 98.4 Å². The first-order chi connectivity index (χ1) is 13.7. The molecule has 2 fully saturated rings. The molecule has 158 valence electrons. The van der Waals surface area contributed by atoms with Crippen molar-refractivity contribution in [3.8, 4) is 0 Å². The molecule has 28 heavy (non-hydrogen) atoms. The molecule has 0 unspecified atom stereocenters. The first kappa shape index (κ1) is 23.1. The van der Waals surface area contributed by atoms with Crippen molar-refractivity contribution in [1.29, 1.82) is 0 Å². The lowest BCUT2D eigenvalue weighted by atomic mass is 10.4. The standard InChI is InChI=1S/C16H30N8O2S2/c27-15(17-3-5-23-7-11-25-12-8-23)21-19-1-2-20-22-16(28)18-4-6-24-9-13-26-14-10-24/h1-2H,3-14H2,(H2,17,21,27)(H2,18,22,28)/b19-1+,20-2+. The summed E-state index contributed by atoms with van der Waals surface area (Å²) in [5.74, 6) is 0. The van der Waals surface area contributed by atoms with Gasteiger partial charge in [0.25, 0.3) is 0 Å². The van der Waals surface area contributed by atoms with Gasteiger partial charge in [-0.1, -0.05) is 0 Å². The van der Waals surface area contributed by atoms with Crippen LogP contribution < -0.4 is 10.6 Å². The highest BCUT2D eigenvalue weighted by molar-refractivity contribution is 7.97.